The van der Waals surface area contributed by atoms with Crippen LogP contribution in [0.2, 0.25) is 0 Å². The van der Waals surface area contributed by atoms with E-state index in [0.717, 1.165) is 24.6 Å². The summed E-state index contributed by atoms with van der Waals surface area (Å²) in [5.41, 5.74) is 5.83. The van der Waals surface area contributed by atoms with Crippen molar-refractivity contribution in [3.8, 4) is 0 Å². The van der Waals surface area contributed by atoms with Crippen molar-refractivity contribution in [2.24, 2.45) is 5.73 Å². The van der Waals surface area contributed by atoms with Gasteiger partial charge >= 0.3 is 0 Å². The van der Waals surface area contributed by atoms with Crippen LogP contribution in [0.5, 0.6) is 0 Å². The predicted molar refractivity (Wildman–Crippen MR) is 80.7 cm³/mol. The molecule has 1 saturated carbocycles. The molecular weight excluding hydrogens is 250 g/mol. The van der Waals surface area contributed by atoms with Crippen molar-refractivity contribution in [3.63, 3.8) is 0 Å². The van der Waals surface area contributed by atoms with Crippen LogP contribution >= 0.6 is 0 Å². The van der Waals surface area contributed by atoms with E-state index in [1.165, 1.54) is 44.9 Å². The van der Waals surface area contributed by atoms with Gasteiger partial charge in [0.2, 0.25) is 5.89 Å². The van der Waals surface area contributed by atoms with E-state index in [2.05, 4.69) is 19.0 Å². The third-order valence-electron chi connectivity index (χ3n) is 5.11. The van der Waals surface area contributed by atoms with Crippen LogP contribution in [-0.2, 0) is 5.41 Å². The summed E-state index contributed by atoms with van der Waals surface area (Å²) in [5, 5.41) is 4.28. The summed E-state index contributed by atoms with van der Waals surface area (Å²) < 4.78 is 5.59. The summed E-state index contributed by atoms with van der Waals surface area (Å²) in [4.78, 5) is 4.73. The Bertz CT molecular complexity index is 382. The van der Waals surface area contributed by atoms with Crippen molar-refractivity contribution < 1.29 is 4.52 Å². The van der Waals surface area contributed by atoms with E-state index in [0.29, 0.717) is 12.5 Å². The van der Waals surface area contributed by atoms with Crippen molar-refractivity contribution in [3.05, 3.63) is 11.7 Å². The lowest BCUT2D eigenvalue weighted by Crippen LogP contribution is -2.34. The quantitative estimate of drug-likeness (QED) is 0.887. The van der Waals surface area contributed by atoms with Gasteiger partial charge in [-0.1, -0.05) is 51.1 Å². The molecule has 1 heterocycles. The van der Waals surface area contributed by atoms with Gasteiger partial charge in [-0.2, -0.15) is 4.98 Å². The summed E-state index contributed by atoms with van der Waals surface area (Å²) >= 11 is 0. The molecule has 114 valence electrons. The van der Waals surface area contributed by atoms with Gasteiger partial charge in [0.1, 0.15) is 0 Å². The number of aromatic nitrogens is 2. The molecule has 1 aromatic rings. The topological polar surface area (TPSA) is 64.9 Å². The highest BCUT2D eigenvalue weighted by Crippen LogP contribution is 2.33. The van der Waals surface area contributed by atoms with E-state index in [9.17, 15) is 0 Å². The molecule has 1 fully saturated rings. The van der Waals surface area contributed by atoms with Crippen LogP contribution in [0.4, 0.5) is 0 Å². The maximum atomic E-state index is 5.97. The Morgan fingerprint density at radius 1 is 1.10 bits per heavy atom. The van der Waals surface area contributed by atoms with Crippen LogP contribution in [0.1, 0.15) is 89.3 Å². The molecule has 20 heavy (non-hydrogen) atoms. The average Bonchev–Trinajstić information content (AvgIpc) is 2.91. The highest BCUT2D eigenvalue weighted by atomic mass is 16.5. The molecule has 0 unspecified atom stereocenters. The molecule has 1 aliphatic carbocycles. The standard InChI is InChI=1S/C16H29N3O/c1-3-16(4-2,12-17)15-18-14(19-20-15)13-10-8-6-5-7-9-11-13/h13H,3-12,17H2,1-2H3. The van der Waals surface area contributed by atoms with Gasteiger partial charge in [0.05, 0.1) is 5.41 Å². The average molecular weight is 279 g/mol. The largest absolute Gasteiger partial charge is 0.339 e. The molecule has 0 radical (unpaired) electrons. The van der Waals surface area contributed by atoms with E-state index in [-0.39, 0.29) is 5.41 Å². The molecule has 2 N–H and O–H groups in total. The first-order valence-electron chi connectivity index (χ1n) is 8.30. The fourth-order valence-electron chi connectivity index (χ4n) is 3.26. The van der Waals surface area contributed by atoms with Gasteiger partial charge in [-0.05, 0) is 25.7 Å². The van der Waals surface area contributed by atoms with Crippen molar-refractivity contribution in [1.29, 1.82) is 0 Å². The molecule has 0 aliphatic heterocycles. The molecule has 4 heteroatoms. The van der Waals surface area contributed by atoms with Crippen molar-refractivity contribution in [2.45, 2.75) is 83.0 Å². The van der Waals surface area contributed by atoms with Crippen molar-refractivity contribution >= 4 is 0 Å². The molecule has 0 saturated heterocycles. The molecule has 2 rings (SSSR count). The molecule has 0 bridgehead atoms. The minimum Gasteiger partial charge on any atom is -0.339 e. The zero-order valence-corrected chi connectivity index (χ0v) is 13.0. The monoisotopic (exact) mass is 279 g/mol. The van der Waals surface area contributed by atoms with Crippen LogP contribution in [0.3, 0.4) is 0 Å². The summed E-state index contributed by atoms with van der Waals surface area (Å²) in [6, 6.07) is 0. The minimum atomic E-state index is -0.132. The van der Waals surface area contributed by atoms with Crippen molar-refractivity contribution in [2.75, 3.05) is 6.54 Å². The second-order valence-electron chi connectivity index (χ2n) is 6.19. The Morgan fingerprint density at radius 2 is 1.70 bits per heavy atom. The maximum Gasteiger partial charge on any atom is 0.234 e. The molecule has 0 amide bonds. The lowest BCUT2D eigenvalue weighted by molar-refractivity contribution is 0.265. The van der Waals surface area contributed by atoms with Crippen LogP contribution < -0.4 is 5.73 Å². The number of nitrogens with two attached hydrogens (primary N) is 1. The summed E-state index contributed by atoms with van der Waals surface area (Å²) in [7, 11) is 0. The number of rotatable bonds is 5. The van der Waals surface area contributed by atoms with Gasteiger partial charge in [0.25, 0.3) is 0 Å². The van der Waals surface area contributed by atoms with Crippen molar-refractivity contribution in [1.82, 2.24) is 10.1 Å². The zero-order valence-electron chi connectivity index (χ0n) is 13.0. The lowest BCUT2D eigenvalue weighted by Gasteiger charge is -2.25. The smallest absolute Gasteiger partial charge is 0.234 e. The minimum absolute atomic E-state index is 0.132. The third kappa shape index (κ3) is 3.22. The molecule has 1 aliphatic rings. The fourth-order valence-corrected chi connectivity index (χ4v) is 3.26. The van der Waals surface area contributed by atoms with E-state index in [1.807, 2.05) is 0 Å². The number of hydrogen-bond donors (Lipinski definition) is 1. The summed E-state index contributed by atoms with van der Waals surface area (Å²) in [5.74, 6) is 2.15. The SMILES string of the molecule is CCC(CC)(CN)c1nc(C2CCCCCCC2)no1. The molecule has 0 atom stereocenters. The summed E-state index contributed by atoms with van der Waals surface area (Å²) in [6.07, 6.45) is 11.0. The second kappa shape index (κ2) is 7.21. The number of hydrogen-bond acceptors (Lipinski definition) is 4. The predicted octanol–water partition coefficient (Wildman–Crippen LogP) is 3.91. The lowest BCUT2D eigenvalue weighted by atomic mass is 9.82. The molecule has 0 aromatic carbocycles. The first-order valence-corrected chi connectivity index (χ1v) is 8.30. The van der Waals surface area contributed by atoms with Gasteiger partial charge < -0.3 is 10.3 Å². The van der Waals surface area contributed by atoms with Gasteiger partial charge in [-0.15, -0.1) is 0 Å². The summed E-state index contributed by atoms with van der Waals surface area (Å²) in [6.45, 7) is 4.87. The van der Waals surface area contributed by atoms with Crippen LogP contribution in [-0.4, -0.2) is 16.7 Å². The van der Waals surface area contributed by atoms with Crippen LogP contribution in [0.25, 0.3) is 0 Å². The van der Waals surface area contributed by atoms with Crippen LogP contribution in [0.15, 0.2) is 4.52 Å². The third-order valence-corrected chi connectivity index (χ3v) is 5.11. The van der Waals surface area contributed by atoms with Gasteiger partial charge in [-0.25, -0.2) is 0 Å². The molecule has 0 spiro atoms. The Hall–Kier alpha value is -0.900. The first-order chi connectivity index (χ1) is 9.75. The van der Waals surface area contributed by atoms with E-state index >= 15 is 0 Å². The zero-order chi connectivity index (χ0) is 14.4. The highest BCUT2D eigenvalue weighted by molar-refractivity contribution is 5.07. The first kappa shape index (κ1) is 15.5. The number of nitrogens with zero attached hydrogens (tertiary/aromatic N) is 2. The van der Waals surface area contributed by atoms with Crippen LogP contribution in [0, 0.1) is 0 Å². The Kier molecular flexibility index (Phi) is 5.58. The van der Waals surface area contributed by atoms with Gasteiger partial charge in [0.15, 0.2) is 5.82 Å². The van der Waals surface area contributed by atoms with E-state index in [1.54, 1.807) is 0 Å². The van der Waals surface area contributed by atoms with E-state index in [4.69, 9.17) is 15.2 Å². The van der Waals surface area contributed by atoms with Gasteiger partial charge in [-0.3, -0.25) is 0 Å². The Morgan fingerprint density at radius 3 is 2.25 bits per heavy atom. The molecular formula is C16H29N3O. The van der Waals surface area contributed by atoms with E-state index < -0.39 is 0 Å². The second-order valence-corrected chi connectivity index (χ2v) is 6.19. The molecule has 4 nitrogen and oxygen atoms in total. The molecule has 1 aromatic heterocycles. The maximum absolute atomic E-state index is 5.97. The Labute approximate surface area is 122 Å². The van der Waals surface area contributed by atoms with Gasteiger partial charge in [0, 0.05) is 12.5 Å². The normalized spacial score (nSPS) is 18.8. The fraction of sp³-hybridized carbons (Fsp3) is 0.875. The highest BCUT2D eigenvalue weighted by Gasteiger charge is 2.34. The Balaban J connectivity index is 2.14.